The zero-order valence-corrected chi connectivity index (χ0v) is 12.8. The number of hydrogen-bond acceptors (Lipinski definition) is 2. The summed E-state index contributed by atoms with van der Waals surface area (Å²) in [6, 6.07) is 0. The van der Waals surface area contributed by atoms with Gasteiger partial charge in [-0.1, -0.05) is 46.0 Å². The third-order valence-electron chi connectivity index (χ3n) is 3.72. The standard InChI is InChI=1S/C16H28N2O2/c1-3-5-6-7-9-14(8-4-2)15-12-17-18(13-15)11-10-16(19)20/h12-14H,3-11H2,1-2H3,(H,19,20). The smallest absolute Gasteiger partial charge is 0.305 e. The minimum absolute atomic E-state index is 0.135. The van der Waals surface area contributed by atoms with Gasteiger partial charge in [0.2, 0.25) is 0 Å². The summed E-state index contributed by atoms with van der Waals surface area (Å²) in [5.41, 5.74) is 1.27. The first kappa shape index (κ1) is 16.7. The van der Waals surface area contributed by atoms with Gasteiger partial charge in [-0.3, -0.25) is 9.48 Å². The summed E-state index contributed by atoms with van der Waals surface area (Å²) in [5, 5.41) is 13.0. The molecular formula is C16H28N2O2. The molecule has 1 N–H and O–H groups in total. The number of carboxylic acids is 1. The van der Waals surface area contributed by atoms with Crippen molar-refractivity contribution in [1.29, 1.82) is 0 Å². The highest BCUT2D eigenvalue weighted by molar-refractivity contribution is 5.66. The molecule has 0 saturated heterocycles. The molecule has 0 saturated carbocycles. The summed E-state index contributed by atoms with van der Waals surface area (Å²) in [7, 11) is 0. The van der Waals surface area contributed by atoms with E-state index in [1.165, 1.54) is 50.5 Å². The van der Waals surface area contributed by atoms with Crippen LogP contribution in [0.25, 0.3) is 0 Å². The molecule has 0 aliphatic rings. The van der Waals surface area contributed by atoms with Crippen LogP contribution in [0.2, 0.25) is 0 Å². The number of aliphatic carboxylic acids is 1. The van der Waals surface area contributed by atoms with E-state index in [1.807, 2.05) is 12.4 Å². The summed E-state index contributed by atoms with van der Waals surface area (Å²) >= 11 is 0. The van der Waals surface area contributed by atoms with Gasteiger partial charge >= 0.3 is 5.97 Å². The molecule has 0 aliphatic carbocycles. The molecule has 1 aromatic rings. The molecule has 4 heteroatoms. The fourth-order valence-corrected chi connectivity index (χ4v) is 2.57. The molecule has 1 unspecified atom stereocenters. The van der Waals surface area contributed by atoms with Gasteiger partial charge < -0.3 is 5.11 Å². The Labute approximate surface area is 122 Å². The Morgan fingerprint density at radius 3 is 2.70 bits per heavy atom. The first-order chi connectivity index (χ1) is 9.67. The van der Waals surface area contributed by atoms with E-state index in [1.54, 1.807) is 4.68 Å². The Kier molecular flexibility index (Phi) is 8.00. The average Bonchev–Trinajstić information content (AvgIpc) is 2.89. The molecule has 0 aromatic carbocycles. The number of hydrogen-bond donors (Lipinski definition) is 1. The fourth-order valence-electron chi connectivity index (χ4n) is 2.57. The number of unbranched alkanes of at least 4 members (excludes halogenated alkanes) is 3. The predicted molar refractivity (Wildman–Crippen MR) is 80.9 cm³/mol. The molecule has 4 nitrogen and oxygen atoms in total. The van der Waals surface area contributed by atoms with Crippen molar-refractivity contribution in [3.8, 4) is 0 Å². The molecule has 0 radical (unpaired) electrons. The number of carboxylic acid groups (broad SMARTS) is 1. The summed E-state index contributed by atoms with van der Waals surface area (Å²) in [6.45, 7) is 4.91. The van der Waals surface area contributed by atoms with Crippen molar-refractivity contribution < 1.29 is 9.90 Å². The van der Waals surface area contributed by atoms with Crippen LogP contribution in [0.1, 0.15) is 76.7 Å². The van der Waals surface area contributed by atoms with Gasteiger partial charge in [0.15, 0.2) is 0 Å². The maximum Gasteiger partial charge on any atom is 0.305 e. The normalized spacial score (nSPS) is 12.5. The Morgan fingerprint density at radius 1 is 1.25 bits per heavy atom. The van der Waals surface area contributed by atoms with Gasteiger partial charge in [-0.15, -0.1) is 0 Å². The van der Waals surface area contributed by atoms with Crippen molar-refractivity contribution in [3.63, 3.8) is 0 Å². The van der Waals surface area contributed by atoms with E-state index >= 15 is 0 Å². The van der Waals surface area contributed by atoms with Gasteiger partial charge in [0, 0.05) is 6.20 Å². The number of rotatable bonds is 11. The Balaban J connectivity index is 2.50. The zero-order chi connectivity index (χ0) is 14.8. The van der Waals surface area contributed by atoms with Gasteiger partial charge in [-0.25, -0.2) is 0 Å². The van der Waals surface area contributed by atoms with E-state index in [9.17, 15) is 4.79 Å². The lowest BCUT2D eigenvalue weighted by atomic mass is 9.91. The Hall–Kier alpha value is -1.32. The van der Waals surface area contributed by atoms with Crippen LogP contribution in [0.5, 0.6) is 0 Å². The maximum absolute atomic E-state index is 10.6. The quantitative estimate of drug-likeness (QED) is 0.618. The van der Waals surface area contributed by atoms with E-state index in [-0.39, 0.29) is 6.42 Å². The second-order valence-electron chi connectivity index (χ2n) is 5.52. The topological polar surface area (TPSA) is 55.1 Å². The second-order valence-corrected chi connectivity index (χ2v) is 5.52. The Bertz CT molecular complexity index is 388. The molecule has 1 heterocycles. The van der Waals surface area contributed by atoms with Crippen LogP contribution >= 0.6 is 0 Å². The molecule has 20 heavy (non-hydrogen) atoms. The molecule has 0 aliphatic heterocycles. The minimum Gasteiger partial charge on any atom is -0.481 e. The predicted octanol–water partition coefficient (Wildman–Crippen LogP) is 4.21. The van der Waals surface area contributed by atoms with Crippen LogP contribution in [-0.4, -0.2) is 20.9 Å². The summed E-state index contributed by atoms with van der Waals surface area (Å²) in [6.07, 6.45) is 12.8. The molecule has 1 atom stereocenters. The van der Waals surface area contributed by atoms with Crippen molar-refractivity contribution in [2.75, 3.05) is 0 Å². The van der Waals surface area contributed by atoms with E-state index < -0.39 is 5.97 Å². The molecule has 0 bridgehead atoms. The van der Waals surface area contributed by atoms with Gasteiger partial charge in [-0.05, 0) is 24.3 Å². The van der Waals surface area contributed by atoms with Gasteiger partial charge in [0.05, 0.1) is 19.2 Å². The molecule has 1 aromatic heterocycles. The highest BCUT2D eigenvalue weighted by Crippen LogP contribution is 2.27. The number of aromatic nitrogens is 2. The van der Waals surface area contributed by atoms with Crippen molar-refractivity contribution in [3.05, 3.63) is 18.0 Å². The van der Waals surface area contributed by atoms with Crippen LogP contribution in [0.3, 0.4) is 0 Å². The van der Waals surface area contributed by atoms with Gasteiger partial charge in [-0.2, -0.15) is 5.10 Å². The first-order valence-electron chi connectivity index (χ1n) is 7.91. The van der Waals surface area contributed by atoms with Crippen molar-refractivity contribution in [2.45, 2.75) is 77.7 Å². The molecule has 1 rings (SSSR count). The van der Waals surface area contributed by atoms with Gasteiger partial charge in [0.1, 0.15) is 0 Å². The van der Waals surface area contributed by atoms with Crippen molar-refractivity contribution >= 4 is 5.97 Å². The number of carbonyl (C=O) groups is 1. The molecular weight excluding hydrogens is 252 g/mol. The van der Waals surface area contributed by atoms with Crippen LogP contribution in [0, 0.1) is 0 Å². The maximum atomic E-state index is 10.6. The summed E-state index contributed by atoms with van der Waals surface area (Å²) < 4.78 is 1.76. The van der Waals surface area contributed by atoms with Crippen molar-refractivity contribution in [1.82, 2.24) is 9.78 Å². The van der Waals surface area contributed by atoms with Crippen LogP contribution < -0.4 is 0 Å². The van der Waals surface area contributed by atoms with E-state index in [4.69, 9.17) is 5.11 Å². The monoisotopic (exact) mass is 280 g/mol. The largest absolute Gasteiger partial charge is 0.481 e. The lowest BCUT2D eigenvalue weighted by Gasteiger charge is -2.14. The summed E-state index contributed by atoms with van der Waals surface area (Å²) in [5.74, 6) is -0.192. The molecule has 0 fully saturated rings. The van der Waals surface area contributed by atoms with Crippen LogP contribution in [0.15, 0.2) is 12.4 Å². The van der Waals surface area contributed by atoms with Crippen LogP contribution in [0.4, 0.5) is 0 Å². The zero-order valence-electron chi connectivity index (χ0n) is 12.8. The van der Waals surface area contributed by atoms with E-state index in [2.05, 4.69) is 18.9 Å². The third kappa shape index (κ3) is 6.22. The number of aryl methyl sites for hydroxylation is 1. The Morgan fingerprint density at radius 2 is 2.05 bits per heavy atom. The summed E-state index contributed by atoms with van der Waals surface area (Å²) in [4.78, 5) is 10.6. The second kappa shape index (κ2) is 9.56. The fraction of sp³-hybridized carbons (Fsp3) is 0.750. The highest BCUT2D eigenvalue weighted by Gasteiger charge is 2.13. The number of nitrogens with zero attached hydrogens (tertiary/aromatic N) is 2. The van der Waals surface area contributed by atoms with Gasteiger partial charge in [0.25, 0.3) is 0 Å². The minimum atomic E-state index is -0.772. The lowest BCUT2D eigenvalue weighted by Crippen LogP contribution is -2.04. The van der Waals surface area contributed by atoms with Crippen molar-refractivity contribution in [2.24, 2.45) is 0 Å². The first-order valence-corrected chi connectivity index (χ1v) is 7.91. The third-order valence-corrected chi connectivity index (χ3v) is 3.72. The highest BCUT2D eigenvalue weighted by atomic mass is 16.4. The van der Waals surface area contributed by atoms with E-state index in [0.717, 1.165) is 0 Å². The molecule has 114 valence electrons. The average molecular weight is 280 g/mol. The molecule has 0 spiro atoms. The lowest BCUT2D eigenvalue weighted by molar-refractivity contribution is -0.137. The SMILES string of the molecule is CCCCCCC(CCC)c1cnn(CCC(=O)O)c1. The van der Waals surface area contributed by atoms with Crippen LogP contribution in [-0.2, 0) is 11.3 Å². The molecule has 0 amide bonds. The van der Waals surface area contributed by atoms with E-state index in [0.29, 0.717) is 12.5 Å².